The molecule has 0 radical (unpaired) electrons. The van der Waals surface area contributed by atoms with Crippen LogP contribution in [0, 0.1) is 5.41 Å². The van der Waals surface area contributed by atoms with Crippen molar-refractivity contribution in [2.45, 2.75) is 32.7 Å². The third-order valence-electron chi connectivity index (χ3n) is 5.01. The number of carbonyl (C=O) groups is 2. The molecule has 1 heterocycles. The van der Waals surface area contributed by atoms with Gasteiger partial charge in [-0.2, -0.15) is 0 Å². The molecule has 0 bridgehead atoms. The van der Waals surface area contributed by atoms with Crippen LogP contribution < -0.4 is 0 Å². The summed E-state index contributed by atoms with van der Waals surface area (Å²) in [6.07, 6.45) is 5.17. The number of rotatable bonds is 6. The maximum atomic E-state index is 12.8. The maximum absolute atomic E-state index is 12.8. The van der Waals surface area contributed by atoms with E-state index in [4.69, 9.17) is 0 Å². The lowest BCUT2D eigenvalue weighted by molar-refractivity contribution is -0.167. The number of carboxylic acid groups (broad SMARTS) is 1. The Kier molecular flexibility index (Phi) is 4.83. The molecule has 5 heteroatoms. The molecular formula is C20H22N2O3. The average Bonchev–Trinajstić information content (AvgIpc) is 2.59. The Balaban J connectivity index is 1.81. The van der Waals surface area contributed by atoms with Gasteiger partial charge < -0.3 is 10.0 Å². The van der Waals surface area contributed by atoms with Gasteiger partial charge in [0.2, 0.25) is 5.91 Å². The third kappa shape index (κ3) is 3.27. The number of hydrogen-bond donors (Lipinski definition) is 1. The first-order valence-corrected chi connectivity index (χ1v) is 8.59. The second-order valence-corrected chi connectivity index (χ2v) is 6.50. The van der Waals surface area contributed by atoms with Crippen molar-refractivity contribution in [1.29, 1.82) is 0 Å². The first kappa shape index (κ1) is 17.1. The summed E-state index contributed by atoms with van der Waals surface area (Å²) in [6.45, 7) is 2.80. The minimum atomic E-state index is -1.21. The van der Waals surface area contributed by atoms with Crippen molar-refractivity contribution in [3.63, 3.8) is 0 Å². The number of aliphatic carboxylic acids is 1. The zero-order valence-corrected chi connectivity index (χ0v) is 14.3. The number of amides is 1. The van der Waals surface area contributed by atoms with Crippen LogP contribution in [0.4, 0.5) is 0 Å². The summed E-state index contributed by atoms with van der Waals surface area (Å²) >= 11 is 0. The van der Waals surface area contributed by atoms with E-state index in [0.29, 0.717) is 25.9 Å². The largest absolute Gasteiger partial charge is 0.480 e. The zero-order chi connectivity index (χ0) is 17.9. The van der Waals surface area contributed by atoms with Gasteiger partial charge in [-0.15, -0.1) is 0 Å². The molecule has 0 atom stereocenters. The fourth-order valence-corrected chi connectivity index (χ4v) is 3.29. The van der Waals surface area contributed by atoms with Crippen LogP contribution in [0.25, 0.3) is 11.1 Å². The lowest BCUT2D eigenvalue weighted by atomic mass is 9.67. The summed E-state index contributed by atoms with van der Waals surface area (Å²) in [5.74, 6) is -1.25. The van der Waals surface area contributed by atoms with Gasteiger partial charge in [0.1, 0.15) is 5.41 Å². The highest BCUT2D eigenvalue weighted by molar-refractivity contribution is 6.02. The van der Waals surface area contributed by atoms with Gasteiger partial charge in [-0.25, -0.2) is 0 Å². The molecule has 2 aromatic rings. The first-order chi connectivity index (χ1) is 12.1. The number of pyridine rings is 1. The van der Waals surface area contributed by atoms with Crippen molar-refractivity contribution in [1.82, 2.24) is 9.88 Å². The van der Waals surface area contributed by atoms with Crippen LogP contribution in [-0.2, 0) is 16.1 Å². The molecule has 1 saturated carbocycles. The predicted molar refractivity (Wildman–Crippen MR) is 94.7 cm³/mol. The SMILES string of the molecule is CCN(Cc1cccc(-c2ccncc2)c1)C(=O)C1(C(=O)O)CCC1. The summed E-state index contributed by atoms with van der Waals surface area (Å²) in [4.78, 5) is 30.1. The fourth-order valence-electron chi connectivity index (χ4n) is 3.29. The highest BCUT2D eigenvalue weighted by Gasteiger charge is 2.52. The van der Waals surface area contributed by atoms with Crippen molar-refractivity contribution in [2.75, 3.05) is 6.54 Å². The minimum absolute atomic E-state index is 0.261. The van der Waals surface area contributed by atoms with Crippen molar-refractivity contribution < 1.29 is 14.7 Å². The molecule has 1 aliphatic carbocycles. The van der Waals surface area contributed by atoms with Gasteiger partial charge >= 0.3 is 5.97 Å². The Hall–Kier alpha value is -2.69. The van der Waals surface area contributed by atoms with Gasteiger partial charge in [0.25, 0.3) is 0 Å². The molecule has 1 aliphatic rings. The Bertz CT molecular complexity index is 770. The number of carboxylic acids is 1. The van der Waals surface area contributed by atoms with Crippen molar-refractivity contribution >= 4 is 11.9 Å². The molecule has 1 aromatic carbocycles. The Labute approximate surface area is 147 Å². The van der Waals surface area contributed by atoms with Gasteiger partial charge in [-0.05, 0) is 54.7 Å². The molecule has 0 aliphatic heterocycles. The fraction of sp³-hybridized carbons (Fsp3) is 0.350. The third-order valence-corrected chi connectivity index (χ3v) is 5.01. The van der Waals surface area contributed by atoms with E-state index in [9.17, 15) is 14.7 Å². The first-order valence-electron chi connectivity index (χ1n) is 8.59. The van der Waals surface area contributed by atoms with E-state index in [1.807, 2.05) is 43.3 Å². The Morgan fingerprint density at radius 2 is 1.88 bits per heavy atom. The number of aromatic nitrogens is 1. The molecule has 1 fully saturated rings. The topological polar surface area (TPSA) is 70.5 Å². The molecule has 1 N–H and O–H groups in total. The van der Waals surface area contributed by atoms with Crippen LogP contribution >= 0.6 is 0 Å². The van der Waals surface area contributed by atoms with E-state index in [2.05, 4.69) is 4.98 Å². The van der Waals surface area contributed by atoms with E-state index in [-0.39, 0.29) is 5.91 Å². The molecule has 25 heavy (non-hydrogen) atoms. The highest BCUT2D eigenvalue weighted by atomic mass is 16.4. The van der Waals surface area contributed by atoms with Gasteiger partial charge in [0.05, 0.1) is 0 Å². The van der Waals surface area contributed by atoms with Crippen LogP contribution in [0.5, 0.6) is 0 Å². The van der Waals surface area contributed by atoms with Crippen LogP contribution in [0.1, 0.15) is 31.7 Å². The summed E-state index contributed by atoms with van der Waals surface area (Å²) in [7, 11) is 0. The standard InChI is InChI=1S/C20H22N2O3/c1-2-22(18(23)20(19(24)25)9-4-10-20)14-15-5-3-6-17(13-15)16-7-11-21-12-8-16/h3,5-8,11-13H,2,4,9-10,14H2,1H3,(H,24,25). The van der Waals surface area contributed by atoms with Crippen LogP contribution in [0.3, 0.4) is 0 Å². The van der Waals surface area contributed by atoms with Gasteiger partial charge in [0, 0.05) is 25.5 Å². The van der Waals surface area contributed by atoms with Crippen LogP contribution in [-0.4, -0.2) is 33.4 Å². The van der Waals surface area contributed by atoms with E-state index in [1.54, 1.807) is 17.3 Å². The lowest BCUT2D eigenvalue weighted by Crippen LogP contribution is -2.52. The van der Waals surface area contributed by atoms with E-state index < -0.39 is 11.4 Å². The molecule has 1 amide bonds. The van der Waals surface area contributed by atoms with E-state index >= 15 is 0 Å². The van der Waals surface area contributed by atoms with Crippen LogP contribution in [0.15, 0.2) is 48.8 Å². The summed E-state index contributed by atoms with van der Waals surface area (Å²) in [5, 5.41) is 9.50. The van der Waals surface area contributed by atoms with Crippen LogP contribution in [0.2, 0.25) is 0 Å². The minimum Gasteiger partial charge on any atom is -0.480 e. The molecule has 3 rings (SSSR count). The van der Waals surface area contributed by atoms with E-state index in [0.717, 1.165) is 23.1 Å². The molecule has 5 nitrogen and oxygen atoms in total. The van der Waals surface area contributed by atoms with Crippen molar-refractivity contribution in [3.05, 3.63) is 54.4 Å². The second-order valence-electron chi connectivity index (χ2n) is 6.50. The van der Waals surface area contributed by atoms with Crippen molar-refractivity contribution in [2.24, 2.45) is 5.41 Å². The summed E-state index contributed by atoms with van der Waals surface area (Å²) in [6, 6.07) is 11.9. The lowest BCUT2D eigenvalue weighted by Gasteiger charge is -2.39. The number of carbonyl (C=O) groups excluding carboxylic acids is 1. The smallest absolute Gasteiger partial charge is 0.319 e. The summed E-state index contributed by atoms with van der Waals surface area (Å²) < 4.78 is 0. The van der Waals surface area contributed by atoms with Crippen molar-refractivity contribution in [3.8, 4) is 11.1 Å². The molecule has 0 saturated heterocycles. The molecule has 0 unspecified atom stereocenters. The Morgan fingerprint density at radius 1 is 1.16 bits per heavy atom. The summed E-state index contributed by atoms with van der Waals surface area (Å²) in [5.41, 5.74) is 1.90. The monoisotopic (exact) mass is 338 g/mol. The number of hydrogen-bond acceptors (Lipinski definition) is 3. The van der Waals surface area contributed by atoms with E-state index in [1.165, 1.54) is 0 Å². The zero-order valence-electron chi connectivity index (χ0n) is 14.3. The van der Waals surface area contributed by atoms with Gasteiger partial charge in [0.15, 0.2) is 0 Å². The van der Waals surface area contributed by atoms with Gasteiger partial charge in [-0.1, -0.05) is 24.6 Å². The predicted octanol–water partition coefficient (Wildman–Crippen LogP) is 3.35. The molecule has 0 spiro atoms. The average molecular weight is 338 g/mol. The second kappa shape index (κ2) is 7.05. The maximum Gasteiger partial charge on any atom is 0.319 e. The molecular weight excluding hydrogens is 316 g/mol. The quantitative estimate of drug-likeness (QED) is 0.820. The highest BCUT2D eigenvalue weighted by Crippen LogP contribution is 2.43. The molecule has 130 valence electrons. The Morgan fingerprint density at radius 3 is 2.44 bits per heavy atom. The number of nitrogens with zero attached hydrogens (tertiary/aromatic N) is 2. The number of benzene rings is 1. The molecule has 1 aromatic heterocycles. The van der Waals surface area contributed by atoms with Gasteiger partial charge in [-0.3, -0.25) is 14.6 Å². The normalized spacial score (nSPS) is 15.2.